The number of anilines is 3. The molecule has 0 amide bonds. The Morgan fingerprint density at radius 1 is 1.19 bits per heavy atom. The van der Waals surface area contributed by atoms with Crippen molar-refractivity contribution in [1.82, 2.24) is 15.3 Å². The Morgan fingerprint density at radius 2 is 1.93 bits per heavy atom. The molecule has 7 heteroatoms. The van der Waals surface area contributed by atoms with Gasteiger partial charge in [0.2, 0.25) is 5.95 Å². The largest absolute Gasteiger partial charge is 0.359 e. The number of piperidine rings is 2. The van der Waals surface area contributed by atoms with Crippen LogP contribution in [0.4, 0.5) is 17.6 Å². The van der Waals surface area contributed by atoms with Crippen molar-refractivity contribution in [3.8, 4) is 0 Å². The fourth-order valence-electron chi connectivity index (χ4n) is 3.77. The Labute approximate surface area is 168 Å². The average Bonchev–Trinajstić information content (AvgIpc) is 2.67. The molecule has 2 aliphatic rings. The van der Waals surface area contributed by atoms with E-state index in [1.54, 1.807) is 6.08 Å². The number of hydrogen-bond acceptors (Lipinski definition) is 5. The van der Waals surface area contributed by atoms with Crippen LogP contribution in [0.1, 0.15) is 46.0 Å². The lowest BCUT2D eigenvalue weighted by Gasteiger charge is -2.36. The molecule has 0 spiro atoms. The zero-order chi connectivity index (χ0) is 19.2. The van der Waals surface area contributed by atoms with E-state index in [0.29, 0.717) is 23.6 Å². The van der Waals surface area contributed by atoms with E-state index >= 15 is 0 Å². The first-order valence-corrected chi connectivity index (χ1v) is 10.5. The zero-order valence-electron chi connectivity index (χ0n) is 16.6. The molecule has 6 nitrogen and oxygen atoms in total. The van der Waals surface area contributed by atoms with Gasteiger partial charge >= 0.3 is 0 Å². The lowest BCUT2D eigenvalue weighted by atomic mass is 9.99. The van der Waals surface area contributed by atoms with Gasteiger partial charge in [-0.1, -0.05) is 13.0 Å². The molecule has 2 N–H and O–H groups in total. The predicted molar refractivity (Wildman–Crippen MR) is 118 cm³/mol. The van der Waals surface area contributed by atoms with Crippen LogP contribution in [0.2, 0.25) is 0 Å². The van der Waals surface area contributed by atoms with Crippen LogP contribution >= 0.6 is 12.2 Å². The summed E-state index contributed by atoms with van der Waals surface area (Å²) in [6, 6.07) is 2.66. The third-order valence-electron chi connectivity index (χ3n) is 5.54. The maximum atomic E-state index is 5.36. The van der Waals surface area contributed by atoms with Gasteiger partial charge in [-0.15, -0.1) is 6.58 Å². The second-order valence-electron chi connectivity index (χ2n) is 7.74. The van der Waals surface area contributed by atoms with E-state index in [9.17, 15) is 0 Å². The van der Waals surface area contributed by atoms with Crippen LogP contribution in [0.3, 0.4) is 0 Å². The maximum Gasteiger partial charge on any atom is 0.232 e. The van der Waals surface area contributed by atoms with Crippen molar-refractivity contribution in [3.05, 3.63) is 18.7 Å². The lowest BCUT2D eigenvalue weighted by Crippen LogP contribution is -2.39. The number of nitrogens with zero attached hydrogens (tertiary/aromatic N) is 4. The van der Waals surface area contributed by atoms with Crippen LogP contribution in [0.25, 0.3) is 0 Å². The molecule has 0 saturated carbocycles. The van der Waals surface area contributed by atoms with E-state index in [4.69, 9.17) is 22.2 Å². The predicted octanol–water partition coefficient (Wildman–Crippen LogP) is 3.56. The highest BCUT2D eigenvalue weighted by Crippen LogP contribution is 2.29. The summed E-state index contributed by atoms with van der Waals surface area (Å²) in [5, 5.41) is 6.77. The van der Waals surface area contributed by atoms with Gasteiger partial charge in [0, 0.05) is 38.3 Å². The Balaban J connectivity index is 1.84. The fraction of sp³-hybridized carbons (Fsp3) is 0.650. The van der Waals surface area contributed by atoms with Crippen LogP contribution in [0.5, 0.6) is 0 Å². The molecule has 0 radical (unpaired) electrons. The molecule has 2 aliphatic heterocycles. The van der Waals surface area contributed by atoms with E-state index in [-0.39, 0.29) is 0 Å². The Hall–Kier alpha value is -1.89. The summed E-state index contributed by atoms with van der Waals surface area (Å²) in [5.74, 6) is 3.36. The number of thiocarbonyl (C=S) groups is 1. The molecule has 148 valence electrons. The second-order valence-corrected chi connectivity index (χ2v) is 8.15. The van der Waals surface area contributed by atoms with Gasteiger partial charge in [0.05, 0.1) is 0 Å². The maximum absolute atomic E-state index is 5.36. The minimum absolute atomic E-state index is 0.501. The summed E-state index contributed by atoms with van der Waals surface area (Å²) >= 11 is 5.36. The van der Waals surface area contributed by atoms with Gasteiger partial charge in [0.25, 0.3) is 0 Å². The molecule has 2 saturated heterocycles. The standard InChI is InChI=1S/C20H32N6S/c1-4-10-21-20(27)24-19-22-17(25-12-8-15(2)9-13-25)14-18(23-19)26-11-6-5-7-16(26)3/h4,14-16H,1,5-13H2,2-3H3,(H2,21,22,23,24,27)/t16-/m0/s1. The van der Waals surface area contributed by atoms with E-state index in [0.717, 1.165) is 37.2 Å². The SMILES string of the molecule is C=CCNC(=S)Nc1nc(N2CCC(C)CC2)cc(N2CCCC[C@@H]2C)n1. The quantitative estimate of drug-likeness (QED) is 0.591. The van der Waals surface area contributed by atoms with Crippen LogP contribution in [-0.2, 0) is 0 Å². The molecule has 27 heavy (non-hydrogen) atoms. The van der Waals surface area contributed by atoms with Gasteiger partial charge in [0.15, 0.2) is 5.11 Å². The van der Waals surface area contributed by atoms with Gasteiger partial charge in [-0.05, 0) is 57.2 Å². The third-order valence-corrected chi connectivity index (χ3v) is 5.78. The molecule has 0 aromatic carbocycles. The Bertz CT molecular complexity index is 656. The first kappa shape index (κ1) is 19.9. The highest BCUT2D eigenvalue weighted by molar-refractivity contribution is 7.80. The van der Waals surface area contributed by atoms with Crippen molar-refractivity contribution in [3.63, 3.8) is 0 Å². The summed E-state index contributed by atoms with van der Waals surface area (Å²) in [4.78, 5) is 14.4. The highest BCUT2D eigenvalue weighted by Gasteiger charge is 2.23. The van der Waals surface area contributed by atoms with Crippen LogP contribution < -0.4 is 20.4 Å². The topological polar surface area (TPSA) is 56.3 Å². The van der Waals surface area contributed by atoms with Crippen molar-refractivity contribution in [2.45, 2.75) is 52.0 Å². The zero-order valence-corrected chi connectivity index (χ0v) is 17.4. The summed E-state index contributed by atoms with van der Waals surface area (Å²) < 4.78 is 0. The van der Waals surface area contributed by atoms with Gasteiger partial charge in [-0.2, -0.15) is 9.97 Å². The van der Waals surface area contributed by atoms with Crippen molar-refractivity contribution in [1.29, 1.82) is 0 Å². The van der Waals surface area contributed by atoms with E-state index < -0.39 is 0 Å². The van der Waals surface area contributed by atoms with Crippen molar-refractivity contribution < 1.29 is 0 Å². The van der Waals surface area contributed by atoms with Gasteiger partial charge < -0.3 is 20.4 Å². The van der Waals surface area contributed by atoms with Gasteiger partial charge in [0.1, 0.15) is 11.6 Å². The van der Waals surface area contributed by atoms with Gasteiger partial charge in [-0.3, -0.25) is 0 Å². The van der Waals surface area contributed by atoms with Gasteiger partial charge in [-0.25, -0.2) is 0 Å². The lowest BCUT2D eigenvalue weighted by molar-refractivity contribution is 0.436. The summed E-state index contributed by atoms with van der Waals surface area (Å²) in [5.41, 5.74) is 0. The van der Waals surface area contributed by atoms with Crippen molar-refractivity contribution in [2.75, 3.05) is 41.3 Å². The monoisotopic (exact) mass is 388 g/mol. The summed E-state index contributed by atoms with van der Waals surface area (Å²) in [7, 11) is 0. The number of aromatic nitrogens is 2. The van der Waals surface area contributed by atoms with Crippen LogP contribution in [0.15, 0.2) is 18.7 Å². The molecule has 3 rings (SSSR count). The summed E-state index contributed by atoms with van der Waals surface area (Å²) in [6.07, 6.45) is 7.92. The minimum Gasteiger partial charge on any atom is -0.359 e. The molecule has 1 aromatic rings. The molecule has 0 bridgehead atoms. The van der Waals surface area contributed by atoms with E-state index in [1.165, 1.54) is 32.1 Å². The molecule has 0 aliphatic carbocycles. The molecule has 2 fully saturated rings. The molecule has 1 aromatic heterocycles. The minimum atomic E-state index is 0.501. The smallest absolute Gasteiger partial charge is 0.232 e. The molecular formula is C20H32N6S. The van der Waals surface area contributed by atoms with Crippen LogP contribution in [0, 0.1) is 5.92 Å². The first-order chi connectivity index (χ1) is 13.1. The number of hydrogen-bond donors (Lipinski definition) is 2. The second kappa shape index (κ2) is 9.35. The highest BCUT2D eigenvalue weighted by atomic mass is 32.1. The van der Waals surface area contributed by atoms with Crippen molar-refractivity contribution in [2.24, 2.45) is 5.92 Å². The van der Waals surface area contributed by atoms with E-state index in [1.807, 2.05) is 0 Å². The Kier molecular flexibility index (Phi) is 6.88. The summed E-state index contributed by atoms with van der Waals surface area (Å²) in [6.45, 7) is 12.1. The first-order valence-electron chi connectivity index (χ1n) is 10.1. The van der Waals surface area contributed by atoms with Crippen molar-refractivity contribution >= 4 is 34.9 Å². The van der Waals surface area contributed by atoms with E-state index in [2.05, 4.69) is 46.9 Å². The third kappa shape index (κ3) is 5.31. The average molecular weight is 389 g/mol. The normalized spacial score (nSPS) is 21.0. The molecule has 1 atom stereocenters. The van der Waals surface area contributed by atoms with Crippen LogP contribution in [-0.4, -0.2) is 47.3 Å². The number of nitrogens with one attached hydrogen (secondary N) is 2. The molecule has 3 heterocycles. The molecule has 0 unspecified atom stereocenters. The fourth-order valence-corrected chi connectivity index (χ4v) is 3.95. The Morgan fingerprint density at radius 3 is 2.63 bits per heavy atom. The number of rotatable bonds is 5. The molecular weight excluding hydrogens is 356 g/mol.